The third kappa shape index (κ3) is 4.14. The van der Waals surface area contributed by atoms with Gasteiger partial charge in [-0.05, 0) is 42.8 Å². The maximum atomic E-state index is 5.91. The Morgan fingerprint density at radius 1 is 1.19 bits per heavy atom. The standard InChI is InChI=1S/C17H21BrN2O/c1-3-9-20(16-6-4-5-15(19)11-16)12-13-10-14(18)7-8-17(13)21-2/h4-8,10-11H,3,9,12,19H2,1-2H3. The third-order valence-electron chi connectivity index (χ3n) is 3.33. The van der Waals surface area contributed by atoms with Crippen LogP contribution in [-0.2, 0) is 6.54 Å². The summed E-state index contributed by atoms with van der Waals surface area (Å²) in [4.78, 5) is 2.32. The minimum Gasteiger partial charge on any atom is -0.496 e. The fraction of sp³-hybridized carbons (Fsp3) is 0.294. The number of rotatable bonds is 6. The van der Waals surface area contributed by atoms with E-state index in [2.05, 4.69) is 39.9 Å². The topological polar surface area (TPSA) is 38.5 Å². The molecule has 2 rings (SSSR count). The molecule has 0 aliphatic rings. The van der Waals surface area contributed by atoms with Crippen molar-refractivity contribution in [1.29, 1.82) is 0 Å². The first-order valence-electron chi connectivity index (χ1n) is 7.07. The van der Waals surface area contributed by atoms with E-state index in [1.54, 1.807) is 7.11 Å². The van der Waals surface area contributed by atoms with Crippen LogP contribution in [0.25, 0.3) is 0 Å². The maximum absolute atomic E-state index is 5.91. The van der Waals surface area contributed by atoms with Crippen LogP contribution < -0.4 is 15.4 Å². The normalized spacial score (nSPS) is 10.4. The van der Waals surface area contributed by atoms with Crippen LogP contribution in [0.5, 0.6) is 5.75 Å². The average Bonchev–Trinajstić information content (AvgIpc) is 2.47. The number of anilines is 2. The van der Waals surface area contributed by atoms with Gasteiger partial charge in [0.15, 0.2) is 0 Å². The van der Waals surface area contributed by atoms with E-state index >= 15 is 0 Å². The minimum absolute atomic E-state index is 0.787. The summed E-state index contributed by atoms with van der Waals surface area (Å²) < 4.78 is 6.52. The van der Waals surface area contributed by atoms with Crippen LogP contribution >= 0.6 is 15.9 Å². The molecule has 2 aromatic rings. The Hall–Kier alpha value is -1.68. The van der Waals surface area contributed by atoms with Gasteiger partial charge < -0.3 is 15.4 Å². The predicted molar refractivity (Wildman–Crippen MR) is 92.9 cm³/mol. The summed E-state index contributed by atoms with van der Waals surface area (Å²) in [5.74, 6) is 0.906. The fourth-order valence-corrected chi connectivity index (χ4v) is 2.78. The monoisotopic (exact) mass is 348 g/mol. The van der Waals surface area contributed by atoms with Gasteiger partial charge in [-0.1, -0.05) is 28.9 Å². The smallest absolute Gasteiger partial charge is 0.123 e. The molecule has 0 aliphatic carbocycles. The van der Waals surface area contributed by atoms with Crippen molar-refractivity contribution in [1.82, 2.24) is 0 Å². The number of hydrogen-bond donors (Lipinski definition) is 1. The van der Waals surface area contributed by atoms with E-state index in [1.807, 2.05) is 30.3 Å². The van der Waals surface area contributed by atoms with Crippen LogP contribution in [0.2, 0.25) is 0 Å². The number of hydrogen-bond acceptors (Lipinski definition) is 3. The lowest BCUT2D eigenvalue weighted by atomic mass is 10.1. The van der Waals surface area contributed by atoms with Crippen LogP contribution in [0.1, 0.15) is 18.9 Å². The van der Waals surface area contributed by atoms with Crippen molar-refractivity contribution in [3.63, 3.8) is 0 Å². The van der Waals surface area contributed by atoms with Gasteiger partial charge in [-0.3, -0.25) is 0 Å². The zero-order valence-corrected chi connectivity index (χ0v) is 14.1. The molecule has 4 heteroatoms. The average molecular weight is 349 g/mol. The highest BCUT2D eigenvalue weighted by Crippen LogP contribution is 2.27. The molecule has 0 amide bonds. The second-order valence-corrected chi connectivity index (χ2v) is 5.89. The largest absolute Gasteiger partial charge is 0.496 e. The zero-order valence-electron chi connectivity index (χ0n) is 12.5. The van der Waals surface area contributed by atoms with Gasteiger partial charge in [0.25, 0.3) is 0 Å². The molecule has 0 heterocycles. The van der Waals surface area contributed by atoms with Crippen molar-refractivity contribution >= 4 is 27.3 Å². The van der Waals surface area contributed by atoms with Crippen molar-refractivity contribution in [2.75, 3.05) is 24.3 Å². The van der Waals surface area contributed by atoms with Crippen molar-refractivity contribution in [2.24, 2.45) is 0 Å². The van der Waals surface area contributed by atoms with E-state index in [4.69, 9.17) is 10.5 Å². The minimum atomic E-state index is 0.787. The van der Waals surface area contributed by atoms with E-state index in [0.29, 0.717) is 0 Å². The number of nitrogen functional groups attached to an aromatic ring is 1. The van der Waals surface area contributed by atoms with Crippen LogP contribution in [0, 0.1) is 0 Å². The molecule has 0 bridgehead atoms. The lowest BCUT2D eigenvalue weighted by molar-refractivity contribution is 0.409. The molecular formula is C17H21BrN2O. The molecule has 3 nitrogen and oxygen atoms in total. The number of ether oxygens (including phenoxy) is 1. The first kappa shape index (κ1) is 15.7. The predicted octanol–water partition coefficient (Wildman–Crippen LogP) is 4.46. The summed E-state index contributed by atoms with van der Waals surface area (Å²) in [6, 6.07) is 14.1. The number of nitrogens with two attached hydrogens (primary N) is 1. The first-order valence-corrected chi connectivity index (χ1v) is 7.86. The molecule has 21 heavy (non-hydrogen) atoms. The molecule has 0 saturated heterocycles. The van der Waals surface area contributed by atoms with Gasteiger partial charge in [0.1, 0.15) is 5.75 Å². The van der Waals surface area contributed by atoms with Gasteiger partial charge in [-0.2, -0.15) is 0 Å². The Labute approximate surface area is 134 Å². The number of benzene rings is 2. The molecule has 0 aromatic heterocycles. The van der Waals surface area contributed by atoms with E-state index < -0.39 is 0 Å². The third-order valence-corrected chi connectivity index (χ3v) is 3.83. The second-order valence-electron chi connectivity index (χ2n) is 4.97. The van der Waals surface area contributed by atoms with Gasteiger partial charge >= 0.3 is 0 Å². The molecule has 0 fully saturated rings. The number of halogens is 1. The van der Waals surface area contributed by atoms with E-state index in [-0.39, 0.29) is 0 Å². The van der Waals surface area contributed by atoms with Crippen LogP contribution in [0.4, 0.5) is 11.4 Å². The molecule has 112 valence electrons. The Morgan fingerprint density at radius 2 is 2.00 bits per heavy atom. The molecule has 0 spiro atoms. The fourth-order valence-electron chi connectivity index (χ4n) is 2.37. The molecule has 0 unspecified atom stereocenters. The van der Waals surface area contributed by atoms with Gasteiger partial charge in [-0.25, -0.2) is 0 Å². The van der Waals surface area contributed by atoms with Crippen molar-refractivity contribution in [3.8, 4) is 5.75 Å². The zero-order chi connectivity index (χ0) is 15.2. The number of methoxy groups -OCH3 is 1. The Morgan fingerprint density at radius 3 is 2.67 bits per heavy atom. The van der Waals surface area contributed by atoms with E-state index in [9.17, 15) is 0 Å². The maximum Gasteiger partial charge on any atom is 0.123 e. The highest BCUT2D eigenvalue weighted by atomic mass is 79.9. The molecule has 2 aromatic carbocycles. The Kier molecular flexibility index (Phi) is 5.51. The van der Waals surface area contributed by atoms with Gasteiger partial charge in [0, 0.05) is 34.5 Å². The summed E-state index contributed by atoms with van der Waals surface area (Å²) in [6.07, 6.45) is 1.07. The summed E-state index contributed by atoms with van der Waals surface area (Å²) in [7, 11) is 1.71. The quantitative estimate of drug-likeness (QED) is 0.783. The van der Waals surface area contributed by atoms with Crippen LogP contribution in [0.3, 0.4) is 0 Å². The summed E-state index contributed by atoms with van der Waals surface area (Å²) in [5, 5.41) is 0. The summed E-state index contributed by atoms with van der Waals surface area (Å²) in [5.41, 5.74) is 8.99. The Balaban J connectivity index is 2.30. The molecule has 0 saturated carbocycles. The van der Waals surface area contributed by atoms with Crippen LogP contribution in [-0.4, -0.2) is 13.7 Å². The SMILES string of the molecule is CCCN(Cc1cc(Br)ccc1OC)c1cccc(N)c1. The summed E-state index contributed by atoms with van der Waals surface area (Å²) in [6.45, 7) is 3.94. The van der Waals surface area contributed by atoms with Gasteiger partial charge in [-0.15, -0.1) is 0 Å². The molecule has 0 atom stereocenters. The van der Waals surface area contributed by atoms with Crippen LogP contribution in [0.15, 0.2) is 46.9 Å². The highest BCUT2D eigenvalue weighted by molar-refractivity contribution is 9.10. The molecule has 0 radical (unpaired) electrons. The van der Waals surface area contributed by atoms with Gasteiger partial charge in [0.2, 0.25) is 0 Å². The Bertz CT molecular complexity index is 601. The molecule has 0 aliphatic heterocycles. The number of nitrogens with zero attached hydrogens (tertiary/aromatic N) is 1. The van der Waals surface area contributed by atoms with Gasteiger partial charge in [0.05, 0.1) is 7.11 Å². The molecule has 2 N–H and O–H groups in total. The van der Waals surface area contributed by atoms with Crippen molar-refractivity contribution in [3.05, 3.63) is 52.5 Å². The summed E-state index contributed by atoms with van der Waals surface area (Å²) >= 11 is 3.53. The molecular weight excluding hydrogens is 328 g/mol. The first-order chi connectivity index (χ1) is 10.1. The van der Waals surface area contributed by atoms with E-state index in [0.717, 1.165) is 46.7 Å². The highest BCUT2D eigenvalue weighted by Gasteiger charge is 2.11. The van der Waals surface area contributed by atoms with Crippen molar-refractivity contribution < 1.29 is 4.74 Å². The van der Waals surface area contributed by atoms with E-state index in [1.165, 1.54) is 0 Å². The second kappa shape index (κ2) is 7.36. The van der Waals surface area contributed by atoms with Crippen molar-refractivity contribution in [2.45, 2.75) is 19.9 Å². The lowest BCUT2D eigenvalue weighted by Crippen LogP contribution is -2.23. The lowest BCUT2D eigenvalue weighted by Gasteiger charge is -2.25.